The van der Waals surface area contributed by atoms with Crippen LogP contribution in [-0.4, -0.2) is 83.9 Å². The van der Waals surface area contributed by atoms with Crippen molar-refractivity contribution in [3.8, 4) is 0 Å². The molecule has 0 aliphatic carbocycles. The van der Waals surface area contributed by atoms with Crippen molar-refractivity contribution in [2.24, 2.45) is 0 Å². The number of nitrogens with zero attached hydrogens (tertiary/aromatic N) is 4. The highest BCUT2D eigenvalue weighted by Crippen LogP contribution is 2.34. The van der Waals surface area contributed by atoms with Gasteiger partial charge in [-0.25, -0.2) is 4.98 Å². The molecule has 1 atom stereocenters. The molecule has 3 heterocycles. The Balaban J connectivity index is 1.56. The number of carbonyl (C=O) groups is 1. The van der Waals surface area contributed by atoms with Crippen molar-refractivity contribution in [2.75, 3.05) is 57.4 Å². The van der Waals surface area contributed by atoms with E-state index in [9.17, 15) is 23.1 Å². The summed E-state index contributed by atoms with van der Waals surface area (Å²) >= 11 is 0. The summed E-state index contributed by atoms with van der Waals surface area (Å²) in [6, 6.07) is 13.5. The number of amides is 1. The number of pyridine rings is 1. The molecule has 1 aromatic carbocycles. The first-order chi connectivity index (χ1) is 17.8. The van der Waals surface area contributed by atoms with Gasteiger partial charge in [-0.3, -0.25) is 19.5 Å². The van der Waals surface area contributed by atoms with E-state index in [1.54, 1.807) is 6.92 Å². The maximum atomic E-state index is 13.4. The molecule has 1 N–H and O–H groups in total. The smallest absolute Gasteiger partial charge is 0.394 e. The van der Waals surface area contributed by atoms with Gasteiger partial charge in [-0.05, 0) is 30.5 Å². The van der Waals surface area contributed by atoms with Gasteiger partial charge in [0, 0.05) is 57.9 Å². The van der Waals surface area contributed by atoms with Crippen LogP contribution in [0, 0.1) is 0 Å². The van der Waals surface area contributed by atoms with E-state index in [0.717, 1.165) is 24.7 Å². The minimum Gasteiger partial charge on any atom is -0.394 e. The SMILES string of the molecule is CCC(=O)N(CC1(N2CCN(C(CO)c3ccccc3)CC2)CCOCC1)c1cccc(C(F)(F)F)n1. The molecule has 2 aliphatic heterocycles. The van der Waals surface area contributed by atoms with Gasteiger partial charge in [-0.1, -0.05) is 43.3 Å². The first-order valence-corrected chi connectivity index (χ1v) is 12.8. The topological polar surface area (TPSA) is 69.1 Å². The fraction of sp³-hybridized carbons (Fsp3) is 0.556. The predicted molar refractivity (Wildman–Crippen MR) is 134 cm³/mol. The molecule has 1 aromatic heterocycles. The molecular weight excluding hydrogens is 485 g/mol. The molecule has 1 unspecified atom stereocenters. The molecule has 1 amide bonds. The van der Waals surface area contributed by atoms with Gasteiger partial charge < -0.3 is 9.84 Å². The number of hydrogen-bond acceptors (Lipinski definition) is 6. The summed E-state index contributed by atoms with van der Waals surface area (Å²) in [6.07, 6.45) is -3.09. The highest BCUT2D eigenvalue weighted by Gasteiger charge is 2.43. The number of aliphatic hydroxyl groups is 1. The lowest BCUT2D eigenvalue weighted by Crippen LogP contribution is -2.64. The number of benzene rings is 1. The number of alkyl halides is 3. The number of carbonyl (C=O) groups excluding carboxylic acids is 1. The number of hydrogen-bond donors (Lipinski definition) is 1. The third-order valence-electron chi connectivity index (χ3n) is 7.56. The van der Waals surface area contributed by atoms with Gasteiger partial charge in [0.1, 0.15) is 11.5 Å². The van der Waals surface area contributed by atoms with Crippen LogP contribution in [0.2, 0.25) is 0 Å². The summed E-state index contributed by atoms with van der Waals surface area (Å²) in [5, 5.41) is 10.1. The van der Waals surface area contributed by atoms with E-state index < -0.39 is 17.4 Å². The number of piperazine rings is 1. The van der Waals surface area contributed by atoms with Crippen LogP contribution >= 0.6 is 0 Å². The molecule has 2 fully saturated rings. The zero-order valence-electron chi connectivity index (χ0n) is 21.2. The lowest BCUT2D eigenvalue weighted by molar-refractivity contribution is -0.141. The molecule has 10 heteroatoms. The minimum atomic E-state index is -4.59. The number of rotatable bonds is 8. The van der Waals surface area contributed by atoms with Crippen molar-refractivity contribution in [1.29, 1.82) is 0 Å². The molecule has 0 bridgehead atoms. The first-order valence-electron chi connectivity index (χ1n) is 12.8. The number of aliphatic hydroxyl groups excluding tert-OH is 1. The Labute approximate surface area is 215 Å². The van der Waals surface area contributed by atoms with Crippen molar-refractivity contribution < 1.29 is 27.8 Å². The van der Waals surface area contributed by atoms with Crippen molar-refractivity contribution in [3.05, 3.63) is 59.8 Å². The molecule has 0 spiro atoms. The summed E-state index contributed by atoms with van der Waals surface area (Å²) in [5.74, 6) is -0.239. The van der Waals surface area contributed by atoms with Crippen LogP contribution in [-0.2, 0) is 15.7 Å². The van der Waals surface area contributed by atoms with Crippen LogP contribution in [0.3, 0.4) is 0 Å². The Kier molecular flexibility index (Phi) is 8.84. The van der Waals surface area contributed by atoms with Crippen LogP contribution in [0.4, 0.5) is 19.0 Å². The summed E-state index contributed by atoms with van der Waals surface area (Å²) in [4.78, 5) is 22.9. The Morgan fingerprint density at radius 3 is 2.35 bits per heavy atom. The maximum Gasteiger partial charge on any atom is 0.433 e. The second kappa shape index (κ2) is 11.9. The number of anilines is 1. The monoisotopic (exact) mass is 520 g/mol. The third kappa shape index (κ3) is 6.31. The van der Waals surface area contributed by atoms with Gasteiger partial charge in [0.2, 0.25) is 5.91 Å². The van der Waals surface area contributed by atoms with E-state index in [4.69, 9.17) is 4.74 Å². The lowest BCUT2D eigenvalue weighted by Gasteiger charge is -2.52. The van der Waals surface area contributed by atoms with Gasteiger partial charge in [0.25, 0.3) is 0 Å². The summed E-state index contributed by atoms with van der Waals surface area (Å²) < 4.78 is 45.8. The van der Waals surface area contributed by atoms with Crippen molar-refractivity contribution in [3.63, 3.8) is 0 Å². The Hall–Kier alpha value is -2.53. The van der Waals surface area contributed by atoms with E-state index in [1.807, 2.05) is 30.3 Å². The lowest BCUT2D eigenvalue weighted by atomic mass is 9.86. The van der Waals surface area contributed by atoms with Gasteiger partial charge in [-0.15, -0.1) is 0 Å². The van der Waals surface area contributed by atoms with Crippen LogP contribution in [0.1, 0.15) is 43.5 Å². The summed E-state index contributed by atoms with van der Waals surface area (Å²) in [7, 11) is 0. The highest BCUT2D eigenvalue weighted by atomic mass is 19.4. The second-order valence-corrected chi connectivity index (χ2v) is 9.68. The Morgan fingerprint density at radius 2 is 1.76 bits per heavy atom. The zero-order valence-corrected chi connectivity index (χ0v) is 21.2. The molecular formula is C27H35F3N4O3. The van der Waals surface area contributed by atoms with Crippen molar-refractivity contribution >= 4 is 11.7 Å². The molecule has 2 aliphatic rings. The summed E-state index contributed by atoms with van der Waals surface area (Å²) in [6.45, 7) is 5.90. The van der Waals surface area contributed by atoms with Gasteiger partial charge >= 0.3 is 6.18 Å². The van der Waals surface area contributed by atoms with E-state index >= 15 is 0 Å². The average Bonchev–Trinajstić information content (AvgIpc) is 2.93. The average molecular weight is 521 g/mol. The molecule has 202 valence electrons. The van der Waals surface area contributed by atoms with Crippen LogP contribution < -0.4 is 4.90 Å². The van der Waals surface area contributed by atoms with Crippen LogP contribution in [0.25, 0.3) is 0 Å². The van der Waals surface area contributed by atoms with Gasteiger partial charge in [-0.2, -0.15) is 13.2 Å². The molecule has 2 saturated heterocycles. The first kappa shape index (κ1) is 27.5. The molecule has 0 radical (unpaired) electrons. The minimum absolute atomic E-state index is 0.0169. The van der Waals surface area contributed by atoms with Crippen LogP contribution in [0.15, 0.2) is 48.5 Å². The molecule has 7 nitrogen and oxygen atoms in total. The normalized spacial score (nSPS) is 19.9. The van der Waals surface area contributed by atoms with Crippen molar-refractivity contribution in [2.45, 2.75) is 43.9 Å². The van der Waals surface area contributed by atoms with Crippen molar-refractivity contribution in [1.82, 2.24) is 14.8 Å². The summed E-state index contributed by atoms with van der Waals surface area (Å²) in [5.41, 5.74) is -0.383. The fourth-order valence-electron chi connectivity index (χ4n) is 5.45. The second-order valence-electron chi connectivity index (χ2n) is 9.68. The maximum absolute atomic E-state index is 13.4. The van der Waals surface area contributed by atoms with E-state index in [0.29, 0.717) is 39.1 Å². The van der Waals surface area contributed by atoms with Gasteiger partial charge in [0.05, 0.1) is 12.6 Å². The number of halogens is 3. The van der Waals surface area contributed by atoms with E-state index in [-0.39, 0.29) is 37.3 Å². The quantitative estimate of drug-likeness (QED) is 0.572. The Bertz CT molecular complexity index is 1020. The van der Waals surface area contributed by atoms with E-state index in [2.05, 4.69) is 14.8 Å². The number of aromatic nitrogens is 1. The predicted octanol–water partition coefficient (Wildman–Crippen LogP) is 3.74. The molecule has 4 rings (SSSR count). The number of ether oxygens (including phenoxy) is 1. The molecule has 2 aromatic rings. The van der Waals surface area contributed by atoms with Crippen LogP contribution in [0.5, 0.6) is 0 Å². The third-order valence-corrected chi connectivity index (χ3v) is 7.56. The highest BCUT2D eigenvalue weighted by molar-refractivity contribution is 5.92. The molecule has 0 saturated carbocycles. The van der Waals surface area contributed by atoms with E-state index in [1.165, 1.54) is 17.0 Å². The Morgan fingerprint density at radius 1 is 1.08 bits per heavy atom. The standard InChI is InChI=1S/C27H35F3N4O3/c1-2-25(36)34(24-10-6-9-23(31-24)27(28,29)30)20-26(11-17-37-18-12-26)33-15-13-32(14-16-33)22(19-35)21-7-4-3-5-8-21/h3-10,22,35H,2,11-20H2,1H3. The molecule has 37 heavy (non-hydrogen) atoms. The fourth-order valence-corrected chi connectivity index (χ4v) is 5.45. The van der Waals surface area contributed by atoms with Gasteiger partial charge in [0.15, 0.2) is 0 Å². The largest absolute Gasteiger partial charge is 0.433 e. The zero-order chi connectivity index (χ0) is 26.5.